The minimum Gasteiger partial charge on any atom is -0.495 e. The molecular weight excluding hydrogens is 272 g/mol. The molecule has 1 rings (SSSR count). The lowest BCUT2D eigenvalue weighted by molar-refractivity contribution is -0.119. The molecule has 0 aliphatic rings. The highest BCUT2D eigenvalue weighted by Crippen LogP contribution is 2.26. The Morgan fingerprint density at radius 2 is 2.16 bits per heavy atom. The quantitative estimate of drug-likeness (QED) is 0.621. The monoisotopic (exact) mass is 284 g/mol. The van der Waals surface area contributed by atoms with Gasteiger partial charge >= 0.3 is 0 Å². The highest BCUT2D eigenvalue weighted by molar-refractivity contribution is 7.90. The zero-order chi connectivity index (χ0) is 14.5. The SMILES string of the molecule is COc1ccc(CNC(C)=O)cc1S(=O)(=O)N=C=O. The standard InChI is InChI=1S/C11H12N2O5S/c1-8(15)12-6-9-3-4-10(18-2)11(5-9)19(16,17)13-7-14/h3-5H,6H2,1-2H3,(H,12,15). The van der Waals surface area contributed by atoms with Crippen LogP contribution in [0.3, 0.4) is 0 Å². The van der Waals surface area contributed by atoms with E-state index in [2.05, 4.69) is 9.71 Å². The Morgan fingerprint density at radius 1 is 1.47 bits per heavy atom. The number of benzene rings is 1. The fourth-order valence-corrected chi connectivity index (χ4v) is 2.26. The predicted octanol–water partition coefficient (Wildman–Crippen LogP) is 0.356. The van der Waals surface area contributed by atoms with Crippen molar-refractivity contribution in [3.8, 4) is 5.75 Å². The van der Waals surface area contributed by atoms with E-state index in [0.717, 1.165) is 6.08 Å². The van der Waals surface area contributed by atoms with E-state index in [1.807, 2.05) is 0 Å². The molecule has 102 valence electrons. The second kappa shape index (κ2) is 6.12. The summed E-state index contributed by atoms with van der Waals surface area (Å²) in [6.07, 6.45) is 0.989. The number of nitrogens with zero attached hydrogens (tertiary/aromatic N) is 1. The van der Waals surface area contributed by atoms with Crippen molar-refractivity contribution in [2.24, 2.45) is 4.40 Å². The summed E-state index contributed by atoms with van der Waals surface area (Å²) in [5, 5.41) is 2.53. The zero-order valence-corrected chi connectivity index (χ0v) is 11.2. The molecule has 0 heterocycles. The third kappa shape index (κ3) is 3.90. The first-order valence-electron chi connectivity index (χ1n) is 5.16. The van der Waals surface area contributed by atoms with Crippen LogP contribution in [0.1, 0.15) is 12.5 Å². The second-order valence-electron chi connectivity index (χ2n) is 3.55. The van der Waals surface area contributed by atoms with E-state index in [9.17, 15) is 18.0 Å². The molecule has 19 heavy (non-hydrogen) atoms. The van der Waals surface area contributed by atoms with E-state index in [0.29, 0.717) is 5.56 Å². The first kappa shape index (κ1) is 14.9. The lowest BCUT2D eigenvalue weighted by Gasteiger charge is -2.08. The van der Waals surface area contributed by atoms with E-state index in [-0.39, 0.29) is 23.1 Å². The van der Waals surface area contributed by atoms with Gasteiger partial charge in [-0.15, -0.1) is 0 Å². The third-order valence-electron chi connectivity index (χ3n) is 2.20. The van der Waals surface area contributed by atoms with Crippen LogP contribution < -0.4 is 10.1 Å². The van der Waals surface area contributed by atoms with Crippen molar-refractivity contribution in [3.05, 3.63) is 23.8 Å². The average Bonchev–Trinajstić information content (AvgIpc) is 2.36. The molecule has 8 heteroatoms. The van der Waals surface area contributed by atoms with Crippen LogP contribution in [0.5, 0.6) is 5.75 Å². The molecule has 0 bridgehead atoms. The van der Waals surface area contributed by atoms with Crippen molar-refractivity contribution in [1.82, 2.24) is 5.32 Å². The molecule has 0 saturated heterocycles. The molecule has 1 amide bonds. The molecule has 0 aliphatic heterocycles. The highest BCUT2D eigenvalue weighted by atomic mass is 32.2. The van der Waals surface area contributed by atoms with Gasteiger partial charge in [-0.3, -0.25) is 4.79 Å². The fourth-order valence-electron chi connectivity index (χ4n) is 1.36. The molecule has 0 fully saturated rings. The zero-order valence-electron chi connectivity index (χ0n) is 10.3. The predicted molar refractivity (Wildman–Crippen MR) is 65.8 cm³/mol. The number of carbonyl (C=O) groups excluding carboxylic acids is 2. The summed E-state index contributed by atoms with van der Waals surface area (Å²) < 4.78 is 31.1. The maximum absolute atomic E-state index is 11.7. The number of nitrogens with one attached hydrogen (secondary N) is 1. The summed E-state index contributed by atoms with van der Waals surface area (Å²) in [7, 11) is -2.85. The Labute approximate surface area is 110 Å². The lowest BCUT2D eigenvalue weighted by atomic mass is 10.2. The van der Waals surface area contributed by atoms with Gasteiger partial charge in [0.15, 0.2) is 0 Å². The minimum absolute atomic E-state index is 0.0607. The Kier molecular flexibility index (Phi) is 4.80. The van der Waals surface area contributed by atoms with Gasteiger partial charge < -0.3 is 10.1 Å². The normalized spacial score (nSPS) is 10.4. The summed E-state index contributed by atoms with van der Waals surface area (Å²) in [5.74, 6) is -0.184. The highest BCUT2D eigenvalue weighted by Gasteiger charge is 2.19. The molecule has 1 aromatic carbocycles. The number of rotatable bonds is 5. The number of isocyanates is 1. The van der Waals surface area contributed by atoms with Gasteiger partial charge in [-0.05, 0) is 17.7 Å². The van der Waals surface area contributed by atoms with Gasteiger partial charge in [-0.25, -0.2) is 4.79 Å². The number of hydrogen-bond acceptors (Lipinski definition) is 5. The van der Waals surface area contributed by atoms with Crippen molar-refractivity contribution in [3.63, 3.8) is 0 Å². The first-order valence-corrected chi connectivity index (χ1v) is 6.60. The molecular formula is C11H12N2O5S. The molecule has 7 nitrogen and oxygen atoms in total. The topological polar surface area (TPSA) is 102 Å². The number of amides is 1. The number of ether oxygens (including phenoxy) is 1. The van der Waals surface area contributed by atoms with Crippen molar-refractivity contribution in [1.29, 1.82) is 0 Å². The molecule has 0 atom stereocenters. The smallest absolute Gasteiger partial charge is 0.296 e. The van der Waals surface area contributed by atoms with E-state index in [1.165, 1.54) is 26.2 Å². The Hall–Kier alpha value is -2.18. The van der Waals surface area contributed by atoms with Gasteiger partial charge in [0.25, 0.3) is 16.1 Å². The molecule has 0 radical (unpaired) electrons. The summed E-state index contributed by atoms with van der Waals surface area (Å²) in [6.45, 7) is 1.50. The van der Waals surface area contributed by atoms with E-state index >= 15 is 0 Å². The van der Waals surface area contributed by atoms with Gasteiger partial charge in [0.2, 0.25) is 5.91 Å². The number of carbonyl (C=O) groups is 1. The summed E-state index contributed by atoms with van der Waals surface area (Å²) in [5.41, 5.74) is 0.538. The van der Waals surface area contributed by atoms with Gasteiger partial charge in [0, 0.05) is 13.5 Å². The van der Waals surface area contributed by atoms with Gasteiger partial charge in [-0.2, -0.15) is 8.42 Å². The maximum Gasteiger partial charge on any atom is 0.296 e. The Balaban J connectivity index is 3.24. The molecule has 1 N–H and O–H groups in total. The van der Waals surface area contributed by atoms with Crippen LogP contribution >= 0.6 is 0 Å². The van der Waals surface area contributed by atoms with Crippen LogP contribution in [0.2, 0.25) is 0 Å². The minimum atomic E-state index is -4.15. The van der Waals surface area contributed by atoms with Crippen molar-refractivity contribution >= 4 is 22.0 Å². The number of hydrogen-bond donors (Lipinski definition) is 1. The van der Waals surface area contributed by atoms with E-state index in [1.54, 1.807) is 6.07 Å². The molecule has 0 saturated carbocycles. The van der Waals surface area contributed by atoms with Gasteiger partial charge in [0.1, 0.15) is 10.6 Å². The maximum atomic E-state index is 11.7. The molecule has 1 aromatic rings. The second-order valence-corrected chi connectivity index (χ2v) is 5.13. The van der Waals surface area contributed by atoms with Crippen LogP contribution in [0.25, 0.3) is 0 Å². The largest absolute Gasteiger partial charge is 0.495 e. The molecule has 0 spiro atoms. The van der Waals surface area contributed by atoms with Gasteiger partial charge in [0.05, 0.1) is 7.11 Å². The van der Waals surface area contributed by atoms with Crippen LogP contribution in [-0.2, 0) is 26.2 Å². The summed E-state index contributed by atoms with van der Waals surface area (Å²) >= 11 is 0. The Bertz CT molecular complexity index is 632. The van der Waals surface area contributed by atoms with E-state index in [4.69, 9.17) is 4.74 Å². The van der Waals surface area contributed by atoms with Crippen LogP contribution in [-0.4, -0.2) is 27.5 Å². The summed E-state index contributed by atoms with van der Waals surface area (Å²) in [6, 6.07) is 4.30. The summed E-state index contributed by atoms with van der Waals surface area (Å²) in [4.78, 5) is 20.7. The molecule has 0 aromatic heterocycles. The third-order valence-corrected chi connectivity index (χ3v) is 3.39. The van der Waals surface area contributed by atoms with Crippen LogP contribution in [0.15, 0.2) is 27.5 Å². The van der Waals surface area contributed by atoms with Crippen molar-refractivity contribution in [2.45, 2.75) is 18.4 Å². The lowest BCUT2D eigenvalue weighted by Crippen LogP contribution is -2.19. The fraction of sp³-hybridized carbons (Fsp3) is 0.273. The average molecular weight is 284 g/mol. The van der Waals surface area contributed by atoms with E-state index < -0.39 is 10.0 Å². The number of sulfonamides is 1. The Morgan fingerprint density at radius 3 is 2.68 bits per heavy atom. The molecule has 0 unspecified atom stereocenters. The van der Waals surface area contributed by atoms with Crippen LogP contribution in [0.4, 0.5) is 0 Å². The number of methoxy groups -OCH3 is 1. The van der Waals surface area contributed by atoms with Crippen molar-refractivity contribution in [2.75, 3.05) is 7.11 Å². The van der Waals surface area contributed by atoms with Crippen molar-refractivity contribution < 1.29 is 22.7 Å². The first-order chi connectivity index (χ1) is 8.90. The van der Waals surface area contributed by atoms with Crippen LogP contribution in [0, 0.1) is 0 Å². The van der Waals surface area contributed by atoms with Gasteiger partial charge in [-0.1, -0.05) is 10.5 Å². The molecule has 0 aliphatic carbocycles.